The number of anilines is 3. The molecular weight excluding hydrogens is 619 g/mol. The topological polar surface area (TPSA) is 32.2 Å². The number of hydrogen-bond donors (Lipinski definition) is 1. The minimum absolute atomic E-state index is 0.885. The molecule has 237 valence electrons. The number of para-hydroxylation sites is 3. The van der Waals surface area contributed by atoms with E-state index in [1.807, 2.05) is 6.07 Å². The number of H-pyrrole nitrogens is 1. The summed E-state index contributed by atoms with van der Waals surface area (Å²) < 4.78 is 6.69. The highest BCUT2D eigenvalue weighted by Gasteiger charge is 2.30. The Labute approximate surface area is 295 Å². The molecule has 0 saturated carbocycles. The molecule has 10 aromatic rings. The van der Waals surface area contributed by atoms with Crippen molar-refractivity contribution in [1.29, 1.82) is 0 Å². The van der Waals surface area contributed by atoms with E-state index in [9.17, 15) is 0 Å². The minimum atomic E-state index is 0.885. The van der Waals surface area contributed by atoms with Crippen molar-refractivity contribution < 1.29 is 4.42 Å². The summed E-state index contributed by atoms with van der Waals surface area (Å²) in [5.41, 5.74) is 15.7. The number of nitrogens with one attached hydrogen (secondary N) is 1. The third-order valence-electron chi connectivity index (χ3n) is 10.6. The van der Waals surface area contributed by atoms with Crippen LogP contribution in [0.5, 0.6) is 0 Å². The first kappa shape index (κ1) is 28.3. The summed E-state index contributed by atoms with van der Waals surface area (Å²) in [5.74, 6) is 0. The van der Waals surface area contributed by atoms with E-state index in [2.05, 4.69) is 176 Å². The van der Waals surface area contributed by atoms with E-state index >= 15 is 0 Å². The number of hydrogen-bond acceptors (Lipinski definition) is 2. The molecule has 1 N–H and O–H groups in total. The quantitative estimate of drug-likeness (QED) is 0.193. The second-order valence-electron chi connectivity index (χ2n) is 13.7. The van der Waals surface area contributed by atoms with Gasteiger partial charge in [0, 0.05) is 44.0 Å². The van der Waals surface area contributed by atoms with Gasteiger partial charge in [0.2, 0.25) is 0 Å². The Bertz CT molecular complexity index is 3030. The molecule has 1 aliphatic heterocycles. The molecule has 0 atom stereocenters. The van der Waals surface area contributed by atoms with Gasteiger partial charge < -0.3 is 14.3 Å². The van der Waals surface area contributed by atoms with Gasteiger partial charge in [0.1, 0.15) is 5.58 Å². The van der Waals surface area contributed by atoms with Crippen LogP contribution in [0.1, 0.15) is 5.56 Å². The zero-order valence-corrected chi connectivity index (χ0v) is 27.9. The Balaban J connectivity index is 1.19. The van der Waals surface area contributed by atoms with Crippen molar-refractivity contribution >= 4 is 89.8 Å². The molecule has 0 bridgehead atoms. The van der Waals surface area contributed by atoms with Crippen LogP contribution in [0.3, 0.4) is 0 Å². The van der Waals surface area contributed by atoms with Crippen molar-refractivity contribution in [3.8, 4) is 22.3 Å². The Kier molecular flexibility index (Phi) is 5.97. The zero-order valence-electron chi connectivity index (χ0n) is 27.9. The van der Waals surface area contributed by atoms with Gasteiger partial charge in [-0.2, -0.15) is 0 Å². The van der Waals surface area contributed by atoms with Crippen LogP contribution in [-0.2, 0) is 0 Å². The molecule has 8 aromatic carbocycles. The number of rotatable bonds is 3. The Morgan fingerprint density at radius 2 is 1.29 bits per heavy atom. The van der Waals surface area contributed by atoms with Gasteiger partial charge in [-0.15, -0.1) is 0 Å². The molecule has 3 heterocycles. The SMILES string of the molecule is Cc1cc(-c2cccc3c2[nH]c2cc4ccccc4cc23)c2c(c1)N(c1cccc3c1oc1ccccc13)c1cc(-c3ccccc3)ccc1[B]2. The first-order chi connectivity index (χ1) is 25.2. The van der Waals surface area contributed by atoms with Crippen LogP contribution in [0, 0.1) is 6.92 Å². The molecule has 4 heteroatoms. The molecule has 11 rings (SSSR count). The second kappa shape index (κ2) is 10.7. The highest BCUT2D eigenvalue weighted by Crippen LogP contribution is 2.45. The molecule has 1 radical (unpaired) electrons. The molecule has 51 heavy (non-hydrogen) atoms. The van der Waals surface area contributed by atoms with E-state index in [-0.39, 0.29) is 0 Å². The average molecular weight is 650 g/mol. The van der Waals surface area contributed by atoms with Crippen molar-refractivity contribution in [3.05, 3.63) is 163 Å². The lowest BCUT2D eigenvalue weighted by molar-refractivity contribution is 0.669. The normalized spacial score (nSPS) is 12.5. The van der Waals surface area contributed by atoms with Gasteiger partial charge in [-0.3, -0.25) is 0 Å². The van der Waals surface area contributed by atoms with Crippen LogP contribution in [0.2, 0.25) is 0 Å². The van der Waals surface area contributed by atoms with Crippen LogP contribution in [-0.4, -0.2) is 12.3 Å². The van der Waals surface area contributed by atoms with Gasteiger partial charge in [0.05, 0.1) is 11.2 Å². The first-order valence-corrected chi connectivity index (χ1v) is 17.5. The maximum atomic E-state index is 6.69. The molecule has 0 spiro atoms. The number of aromatic nitrogens is 1. The van der Waals surface area contributed by atoms with E-state index in [4.69, 9.17) is 4.42 Å². The number of fused-ring (bicyclic) bond motifs is 9. The standard InChI is InChI=1S/C47H30BN2O/c1-28-23-38(35-17-9-16-34-37-25-30-13-5-6-14-31(30)26-40(37)49-46(34)35)45-43(24-28)50(41-19-10-18-36-33-15-7-8-20-44(33)51-47(36)41)42-27-32(21-22-39(42)48-45)29-11-3-2-4-12-29/h2-27,49H,1H3. The van der Waals surface area contributed by atoms with E-state index in [1.54, 1.807) is 0 Å². The first-order valence-electron chi connectivity index (χ1n) is 17.5. The van der Waals surface area contributed by atoms with Crippen LogP contribution < -0.4 is 15.8 Å². The van der Waals surface area contributed by atoms with Crippen LogP contribution in [0.15, 0.2) is 162 Å². The van der Waals surface area contributed by atoms with Gasteiger partial charge in [-0.25, -0.2) is 0 Å². The summed E-state index contributed by atoms with van der Waals surface area (Å²) in [5, 5.41) is 7.20. The molecule has 1 aliphatic rings. The predicted octanol–water partition coefficient (Wildman–Crippen LogP) is 11.5. The van der Waals surface area contributed by atoms with Gasteiger partial charge in [-0.1, -0.05) is 127 Å². The van der Waals surface area contributed by atoms with Gasteiger partial charge in [-0.05, 0) is 81.8 Å². The van der Waals surface area contributed by atoms with Crippen LogP contribution in [0.4, 0.5) is 17.1 Å². The maximum Gasteiger partial charge on any atom is 0.197 e. The van der Waals surface area contributed by atoms with Crippen molar-refractivity contribution in [2.75, 3.05) is 4.90 Å². The summed E-state index contributed by atoms with van der Waals surface area (Å²) in [7, 11) is 2.37. The van der Waals surface area contributed by atoms with E-state index < -0.39 is 0 Å². The van der Waals surface area contributed by atoms with Crippen LogP contribution >= 0.6 is 0 Å². The lowest BCUT2D eigenvalue weighted by Gasteiger charge is -2.35. The van der Waals surface area contributed by atoms with Crippen molar-refractivity contribution in [2.24, 2.45) is 0 Å². The van der Waals surface area contributed by atoms with Crippen molar-refractivity contribution in [1.82, 2.24) is 4.98 Å². The smallest absolute Gasteiger partial charge is 0.197 e. The number of benzene rings is 8. The van der Waals surface area contributed by atoms with Gasteiger partial charge in [0.25, 0.3) is 0 Å². The summed E-state index contributed by atoms with van der Waals surface area (Å²) >= 11 is 0. The molecule has 0 amide bonds. The van der Waals surface area contributed by atoms with Crippen molar-refractivity contribution in [3.63, 3.8) is 0 Å². The Morgan fingerprint density at radius 3 is 2.20 bits per heavy atom. The third kappa shape index (κ3) is 4.26. The molecule has 0 unspecified atom stereocenters. The average Bonchev–Trinajstić information content (AvgIpc) is 3.74. The fourth-order valence-electron chi connectivity index (χ4n) is 8.30. The molecule has 0 saturated heterocycles. The number of aryl methyl sites for hydroxylation is 1. The largest absolute Gasteiger partial charge is 0.454 e. The van der Waals surface area contributed by atoms with E-state index in [0.717, 1.165) is 55.5 Å². The van der Waals surface area contributed by atoms with Gasteiger partial charge >= 0.3 is 0 Å². The minimum Gasteiger partial charge on any atom is -0.454 e. The Morgan fingerprint density at radius 1 is 0.529 bits per heavy atom. The summed E-state index contributed by atoms with van der Waals surface area (Å²) in [4.78, 5) is 6.27. The van der Waals surface area contributed by atoms with Crippen LogP contribution in [0.25, 0.3) is 76.8 Å². The third-order valence-corrected chi connectivity index (χ3v) is 10.6. The second-order valence-corrected chi connectivity index (χ2v) is 13.7. The van der Waals surface area contributed by atoms with Crippen molar-refractivity contribution in [2.45, 2.75) is 6.92 Å². The summed E-state index contributed by atoms with van der Waals surface area (Å²) in [6, 6.07) is 56.9. The summed E-state index contributed by atoms with van der Waals surface area (Å²) in [6.45, 7) is 2.21. The molecular formula is C47H30BN2O. The summed E-state index contributed by atoms with van der Waals surface area (Å²) in [6.07, 6.45) is 0. The predicted molar refractivity (Wildman–Crippen MR) is 216 cm³/mol. The fraction of sp³-hybridized carbons (Fsp3) is 0.0213. The monoisotopic (exact) mass is 649 g/mol. The highest BCUT2D eigenvalue weighted by atomic mass is 16.3. The fourth-order valence-corrected chi connectivity index (χ4v) is 8.30. The number of aromatic amines is 1. The zero-order chi connectivity index (χ0) is 33.6. The van der Waals surface area contributed by atoms with E-state index in [1.165, 1.54) is 54.8 Å². The Hall–Kier alpha value is -6.52. The van der Waals surface area contributed by atoms with E-state index in [0.29, 0.717) is 0 Å². The number of nitrogens with zero attached hydrogens (tertiary/aromatic N) is 1. The highest BCUT2D eigenvalue weighted by molar-refractivity contribution is 6.73. The molecule has 2 aromatic heterocycles. The molecule has 0 fully saturated rings. The number of furan rings is 1. The van der Waals surface area contributed by atoms with Gasteiger partial charge in [0.15, 0.2) is 12.9 Å². The lowest BCUT2D eigenvalue weighted by Crippen LogP contribution is -2.41. The molecule has 3 nitrogen and oxygen atoms in total. The lowest BCUT2D eigenvalue weighted by atomic mass is 9.58. The maximum absolute atomic E-state index is 6.69. The molecule has 0 aliphatic carbocycles.